The van der Waals surface area contributed by atoms with Crippen LogP contribution in [0.1, 0.15) is 265 Å². The number of allylic oxidation sites excluding steroid dienone is 32. The van der Waals surface area contributed by atoms with Crippen molar-refractivity contribution in [3.8, 4) is 0 Å². The number of aliphatic hydroxyl groups is 2. The number of carbonyl (C=O) groups is 3. The van der Waals surface area contributed by atoms with Gasteiger partial charge in [-0.3, -0.25) is 32.5 Å². The van der Waals surface area contributed by atoms with Crippen molar-refractivity contribution in [1.82, 2.24) is 0 Å². The molecule has 582 valence electrons. The van der Waals surface area contributed by atoms with E-state index in [9.17, 15) is 43.5 Å². The number of rotatable bonds is 71. The lowest BCUT2D eigenvalue weighted by molar-refractivity contribution is -0.161. The average molecular weight is 1480 g/mol. The summed E-state index contributed by atoms with van der Waals surface area (Å²) in [6, 6.07) is 0. The number of carbonyl (C=O) groups excluding carboxylic acids is 3. The Labute approximate surface area is 623 Å². The van der Waals surface area contributed by atoms with E-state index in [4.69, 9.17) is 32.3 Å². The van der Waals surface area contributed by atoms with Crippen molar-refractivity contribution >= 4 is 33.6 Å². The Kier molecular flexibility index (Phi) is 71.9. The van der Waals surface area contributed by atoms with Crippen LogP contribution in [0.25, 0.3) is 0 Å². The molecule has 18 heteroatoms. The Bertz CT molecular complexity index is 2650. The van der Waals surface area contributed by atoms with Gasteiger partial charge in [-0.2, -0.15) is 0 Å². The summed E-state index contributed by atoms with van der Waals surface area (Å²) in [4.78, 5) is 58.6. The number of ether oxygens (including phenoxy) is 3. The van der Waals surface area contributed by atoms with E-state index in [1.165, 1.54) is 25.7 Å². The second kappa shape index (κ2) is 76.1. The van der Waals surface area contributed by atoms with Gasteiger partial charge in [-0.05, 0) is 148 Å². The molecule has 16 nitrogen and oxygen atoms in total. The van der Waals surface area contributed by atoms with Gasteiger partial charge in [0.15, 0.2) is 6.10 Å². The van der Waals surface area contributed by atoms with Gasteiger partial charge in [0.05, 0.1) is 26.4 Å². The molecular weight excluding hydrogens is 1340 g/mol. The summed E-state index contributed by atoms with van der Waals surface area (Å²) in [5.74, 6) is -1.71. The van der Waals surface area contributed by atoms with E-state index in [-0.39, 0.29) is 19.3 Å². The molecule has 0 aliphatic heterocycles. The molecule has 5 atom stereocenters. The predicted molar refractivity (Wildman–Crippen MR) is 426 cm³/mol. The van der Waals surface area contributed by atoms with Crippen LogP contribution in [-0.4, -0.2) is 95.9 Å². The highest BCUT2D eigenvalue weighted by molar-refractivity contribution is 7.47. The Morgan fingerprint density at radius 2 is 0.505 bits per heavy atom. The third-order valence-electron chi connectivity index (χ3n) is 15.3. The zero-order chi connectivity index (χ0) is 75.2. The van der Waals surface area contributed by atoms with Crippen molar-refractivity contribution in [2.75, 3.05) is 39.6 Å². The summed E-state index contributed by atoms with van der Waals surface area (Å²) in [5.41, 5.74) is 0. The topological polar surface area (TPSA) is 231 Å². The standard InChI is InChI=1S/C85H136O16P2/c1-4-7-10-13-16-19-22-25-28-31-34-36-38-39-41-43-45-47-50-53-56-59-62-65-68-71-83(88)95-74-80(86)75-97-102(91,92)98-76-81(87)77-99-103(93,94)100-79-82(101-85(90)73-70-67-64-61-58-55-52-49-44-33-30-27-24-21-18-15-12-9-6-3)78-96-84(89)72-69-66-63-60-57-54-51-48-46-42-40-37-35-32-29-26-23-20-17-14-11-8-5-2/h7-12,16-21,25-30,34-37,39,41-42,44,46,49,55,58,64,67,80-82,86-87H,4-6,13-15,22-24,31-33,38,40,43,45,47-48,50-54,56-57,59-63,65-66,68-79H2,1-3H3,(H,91,92)(H,93,94)/b10-7-,11-8-,12-9-,19-16-,20-17-,21-18-,28-25-,29-26-,30-27-,36-34-,37-35-,41-39-,46-42-,49-44-,58-55-,67-64-. The normalized spacial score (nSPS) is 15.1. The average Bonchev–Trinajstić information content (AvgIpc) is 0.988. The summed E-state index contributed by atoms with van der Waals surface area (Å²) in [7, 11) is -9.84. The van der Waals surface area contributed by atoms with Crippen LogP contribution < -0.4 is 0 Å². The molecular formula is C85H136O16P2. The predicted octanol–water partition coefficient (Wildman–Crippen LogP) is 22.8. The van der Waals surface area contributed by atoms with E-state index in [2.05, 4.69) is 197 Å². The highest BCUT2D eigenvalue weighted by atomic mass is 31.2. The molecule has 0 heterocycles. The summed E-state index contributed by atoms with van der Waals surface area (Å²) < 4.78 is 61.0. The maximum absolute atomic E-state index is 13.0. The second-order valence-corrected chi connectivity index (χ2v) is 27.9. The number of esters is 3. The minimum absolute atomic E-state index is 0.0314. The molecule has 0 saturated heterocycles. The van der Waals surface area contributed by atoms with Gasteiger partial charge in [0.25, 0.3) is 0 Å². The molecule has 0 aromatic carbocycles. The van der Waals surface area contributed by atoms with Crippen LogP contribution in [-0.2, 0) is 55.8 Å². The van der Waals surface area contributed by atoms with Crippen LogP contribution in [0.2, 0.25) is 0 Å². The Hall–Kier alpha value is -5.61. The first kappa shape index (κ1) is 97.4. The van der Waals surface area contributed by atoms with Crippen LogP contribution in [0, 0.1) is 0 Å². The van der Waals surface area contributed by atoms with Crippen molar-refractivity contribution < 1.29 is 75.8 Å². The summed E-state index contributed by atoms with van der Waals surface area (Å²) in [5, 5.41) is 20.6. The molecule has 0 aliphatic rings. The first-order valence-electron chi connectivity index (χ1n) is 38.7. The fourth-order valence-electron chi connectivity index (χ4n) is 9.53. The van der Waals surface area contributed by atoms with E-state index < -0.39 is 91.5 Å². The van der Waals surface area contributed by atoms with Crippen LogP contribution in [0.15, 0.2) is 194 Å². The molecule has 0 spiro atoms. The fourth-order valence-corrected chi connectivity index (χ4v) is 11.1. The molecule has 0 fully saturated rings. The van der Waals surface area contributed by atoms with Gasteiger partial charge >= 0.3 is 33.6 Å². The molecule has 0 rings (SSSR count). The quantitative estimate of drug-likeness (QED) is 0.0146. The number of aliphatic hydroxyl groups excluding tert-OH is 2. The van der Waals surface area contributed by atoms with Crippen LogP contribution >= 0.6 is 15.6 Å². The zero-order valence-corrected chi connectivity index (χ0v) is 65.2. The lowest BCUT2D eigenvalue weighted by Gasteiger charge is -2.21. The SMILES string of the molecule is CC/C=C\C/C=C\C/C=C\C/C=C\C/C=C\C/C=C\CCC(=O)OC(COC(=O)CCCCCCCCC/C=C\C/C=C\C/C=C\C/C=C\C/C=C\CC)COP(=O)(O)OCC(O)COP(=O)(O)OCC(O)COC(=O)CCCCCCCCCCC/C=C\C/C=C\C/C=C\C/C=C\C/C=C\CC. The van der Waals surface area contributed by atoms with E-state index >= 15 is 0 Å². The zero-order valence-electron chi connectivity index (χ0n) is 63.4. The number of phosphoric ester groups is 2. The van der Waals surface area contributed by atoms with Crippen LogP contribution in [0.5, 0.6) is 0 Å². The molecule has 103 heavy (non-hydrogen) atoms. The van der Waals surface area contributed by atoms with Crippen molar-refractivity contribution in [3.63, 3.8) is 0 Å². The summed E-state index contributed by atoms with van der Waals surface area (Å²) in [6.07, 6.45) is 99.1. The minimum atomic E-state index is -4.96. The largest absolute Gasteiger partial charge is 0.472 e. The van der Waals surface area contributed by atoms with Crippen molar-refractivity contribution in [2.24, 2.45) is 0 Å². The Balaban J connectivity index is 4.75. The van der Waals surface area contributed by atoms with Gasteiger partial charge in [-0.15, -0.1) is 0 Å². The van der Waals surface area contributed by atoms with Gasteiger partial charge in [-0.1, -0.05) is 292 Å². The second-order valence-electron chi connectivity index (χ2n) is 25.0. The molecule has 0 saturated carbocycles. The smallest absolute Gasteiger partial charge is 0.463 e. The first-order valence-corrected chi connectivity index (χ1v) is 41.7. The molecule has 0 amide bonds. The molecule has 0 bridgehead atoms. The van der Waals surface area contributed by atoms with E-state index in [1.54, 1.807) is 0 Å². The highest BCUT2D eigenvalue weighted by Crippen LogP contribution is 2.45. The first-order chi connectivity index (χ1) is 50.2. The van der Waals surface area contributed by atoms with E-state index in [0.29, 0.717) is 25.7 Å². The van der Waals surface area contributed by atoms with Gasteiger partial charge in [-0.25, -0.2) is 9.13 Å². The van der Waals surface area contributed by atoms with Crippen LogP contribution in [0.4, 0.5) is 0 Å². The maximum Gasteiger partial charge on any atom is 0.472 e. The summed E-state index contributed by atoms with van der Waals surface area (Å²) in [6.45, 7) is 2.20. The van der Waals surface area contributed by atoms with Gasteiger partial charge in [0.2, 0.25) is 0 Å². The summed E-state index contributed by atoms with van der Waals surface area (Å²) >= 11 is 0. The van der Waals surface area contributed by atoms with Crippen molar-refractivity contribution in [1.29, 1.82) is 0 Å². The Morgan fingerprint density at radius 1 is 0.272 bits per heavy atom. The molecule has 5 unspecified atom stereocenters. The third kappa shape index (κ3) is 77.3. The molecule has 0 aliphatic carbocycles. The number of hydrogen-bond acceptors (Lipinski definition) is 14. The van der Waals surface area contributed by atoms with Gasteiger partial charge in [0.1, 0.15) is 25.4 Å². The van der Waals surface area contributed by atoms with E-state index in [1.807, 2.05) is 18.2 Å². The number of phosphoric acid groups is 2. The fraction of sp³-hybridized carbons (Fsp3) is 0.588. The molecule has 0 aromatic rings. The third-order valence-corrected chi connectivity index (χ3v) is 17.2. The van der Waals surface area contributed by atoms with Crippen molar-refractivity contribution in [2.45, 2.75) is 283 Å². The molecule has 4 N–H and O–H groups in total. The molecule has 0 aromatic heterocycles. The van der Waals surface area contributed by atoms with Crippen molar-refractivity contribution in [3.05, 3.63) is 194 Å². The highest BCUT2D eigenvalue weighted by Gasteiger charge is 2.29. The minimum Gasteiger partial charge on any atom is -0.463 e. The number of hydrogen-bond donors (Lipinski definition) is 4. The maximum atomic E-state index is 13.0. The lowest BCUT2D eigenvalue weighted by Crippen LogP contribution is -2.29. The molecule has 0 radical (unpaired) electrons. The lowest BCUT2D eigenvalue weighted by atomic mass is 10.1. The Morgan fingerprint density at radius 3 is 0.806 bits per heavy atom. The van der Waals surface area contributed by atoms with E-state index in [0.717, 1.165) is 173 Å². The van der Waals surface area contributed by atoms with Gasteiger partial charge in [0, 0.05) is 19.3 Å². The number of unbranched alkanes of at least 4 members (excludes halogenated alkanes) is 16. The van der Waals surface area contributed by atoms with Gasteiger partial charge < -0.3 is 34.2 Å². The van der Waals surface area contributed by atoms with Crippen LogP contribution in [0.3, 0.4) is 0 Å². The monoisotopic (exact) mass is 1470 g/mol.